The minimum Gasteiger partial charge on any atom is -0.400 e. The van der Waals surface area contributed by atoms with E-state index in [1.807, 2.05) is 20.0 Å². The molecule has 0 aliphatic carbocycles. The SMILES string of the molecule is CC.CC(C)c1ccc(N2CCCC[C@@H]2CO)cn1.CO. The predicted octanol–water partition coefficient (Wildman–Crippen LogP) is 3.19. The van der Waals surface area contributed by atoms with Crippen molar-refractivity contribution in [1.29, 1.82) is 0 Å². The molecule has 0 aromatic carbocycles. The van der Waals surface area contributed by atoms with Crippen molar-refractivity contribution in [2.24, 2.45) is 0 Å². The van der Waals surface area contributed by atoms with E-state index >= 15 is 0 Å². The van der Waals surface area contributed by atoms with Gasteiger partial charge in [0.2, 0.25) is 0 Å². The second-order valence-corrected chi connectivity index (χ2v) is 5.12. The lowest BCUT2D eigenvalue weighted by Gasteiger charge is -2.36. The molecule has 4 heteroatoms. The number of aliphatic hydroxyl groups is 2. The molecule has 4 nitrogen and oxygen atoms in total. The van der Waals surface area contributed by atoms with E-state index in [1.54, 1.807) is 0 Å². The van der Waals surface area contributed by atoms with E-state index in [2.05, 4.69) is 35.9 Å². The Kier molecular flexibility index (Phi) is 10.9. The van der Waals surface area contributed by atoms with Crippen LogP contribution in [0.3, 0.4) is 0 Å². The standard InChI is InChI=1S/C14H22N2O.C2H6.CH4O/c1-11(2)14-7-6-12(9-15-14)16-8-4-3-5-13(16)10-17;2*1-2/h6-7,9,11,13,17H,3-5,8,10H2,1-2H3;1-2H3;2H,1H3/t13-;;/m1../s1. The molecule has 2 rings (SSSR count). The molecule has 0 saturated carbocycles. The van der Waals surface area contributed by atoms with E-state index in [-0.39, 0.29) is 12.6 Å². The molecule has 2 N–H and O–H groups in total. The van der Waals surface area contributed by atoms with Gasteiger partial charge in [-0.15, -0.1) is 0 Å². The van der Waals surface area contributed by atoms with Crippen LogP contribution in [-0.2, 0) is 0 Å². The molecule has 1 atom stereocenters. The number of hydrogen-bond donors (Lipinski definition) is 2. The predicted molar refractivity (Wildman–Crippen MR) is 89.9 cm³/mol. The molecule has 122 valence electrons. The van der Waals surface area contributed by atoms with Gasteiger partial charge in [0.05, 0.1) is 24.5 Å². The quantitative estimate of drug-likeness (QED) is 0.899. The van der Waals surface area contributed by atoms with Crippen molar-refractivity contribution in [1.82, 2.24) is 4.98 Å². The van der Waals surface area contributed by atoms with Crippen LogP contribution in [0, 0.1) is 0 Å². The third-order valence-electron chi connectivity index (χ3n) is 3.53. The van der Waals surface area contributed by atoms with Gasteiger partial charge in [0.15, 0.2) is 0 Å². The lowest BCUT2D eigenvalue weighted by Crippen LogP contribution is -2.41. The molecule has 1 aromatic heterocycles. The van der Waals surface area contributed by atoms with Crippen LogP contribution in [0.1, 0.15) is 58.6 Å². The van der Waals surface area contributed by atoms with Crippen LogP contribution < -0.4 is 4.90 Å². The molecule has 0 bridgehead atoms. The maximum Gasteiger partial charge on any atom is 0.0635 e. The van der Waals surface area contributed by atoms with Gasteiger partial charge in [0.25, 0.3) is 0 Å². The van der Waals surface area contributed by atoms with E-state index in [0.29, 0.717) is 5.92 Å². The Bertz CT molecular complexity index is 352. The minimum absolute atomic E-state index is 0.242. The van der Waals surface area contributed by atoms with Crippen LogP contribution in [0.25, 0.3) is 0 Å². The van der Waals surface area contributed by atoms with Crippen molar-refractivity contribution in [2.45, 2.75) is 58.9 Å². The molecule has 1 aliphatic rings. The fourth-order valence-corrected chi connectivity index (χ4v) is 2.44. The van der Waals surface area contributed by atoms with Crippen LogP contribution >= 0.6 is 0 Å². The molecule has 21 heavy (non-hydrogen) atoms. The van der Waals surface area contributed by atoms with Crippen LogP contribution in [0.5, 0.6) is 0 Å². The molecule has 2 heterocycles. The zero-order valence-electron chi connectivity index (χ0n) is 14.2. The summed E-state index contributed by atoms with van der Waals surface area (Å²) in [4.78, 5) is 6.79. The van der Waals surface area contributed by atoms with Crippen molar-refractivity contribution >= 4 is 5.69 Å². The summed E-state index contributed by atoms with van der Waals surface area (Å²) in [6.45, 7) is 9.58. The first-order valence-corrected chi connectivity index (χ1v) is 8.00. The second kappa shape index (κ2) is 11.5. The normalized spacial score (nSPS) is 17.5. The molecular weight excluding hydrogens is 264 g/mol. The number of piperidine rings is 1. The third-order valence-corrected chi connectivity index (χ3v) is 3.53. The van der Waals surface area contributed by atoms with E-state index in [1.165, 1.54) is 12.8 Å². The van der Waals surface area contributed by atoms with Gasteiger partial charge in [-0.1, -0.05) is 27.7 Å². The summed E-state index contributed by atoms with van der Waals surface area (Å²) in [5.41, 5.74) is 2.28. The number of hydrogen-bond acceptors (Lipinski definition) is 4. The Morgan fingerprint density at radius 1 is 1.24 bits per heavy atom. The van der Waals surface area contributed by atoms with E-state index in [0.717, 1.165) is 31.5 Å². The van der Waals surface area contributed by atoms with Crippen molar-refractivity contribution < 1.29 is 10.2 Å². The molecule has 1 fully saturated rings. The number of aliphatic hydroxyl groups excluding tert-OH is 2. The Labute approximate surface area is 129 Å². The summed E-state index contributed by atoms with van der Waals surface area (Å²) in [5, 5.41) is 16.4. The highest BCUT2D eigenvalue weighted by Gasteiger charge is 2.21. The first-order valence-electron chi connectivity index (χ1n) is 8.00. The van der Waals surface area contributed by atoms with E-state index in [4.69, 9.17) is 5.11 Å². The van der Waals surface area contributed by atoms with Gasteiger partial charge in [-0.3, -0.25) is 4.98 Å². The Morgan fingerprint density at radius 3 is 2.38 bits per heavy atom. The third kappa shape index (κ3) is 6.02. The maximum atomic E-state index is 9.40. The van der Waals surface area contributed by atoms with Crippen LogP contribution in [-0.4, -0.2) is 41.5 Å². The lowest BCUT2D eigenvalue weighted by atomic mass is 10.0. The molecule has 0 unspecified atom stereocenters. The summed E-state index contributed by atoms with van der Waals surface area (Å²) >= 11 is 0. The average molecular weight is 296 g/mol. The number of pyridine rings is 1. The van der Waals surface area contributed by atoms with Crippen LogP contribution in [0.4, 0.5) is 5.69 Å². The zero-order chi connectivity index (χ0) is 16.3. The lowest BCUT2D eigenvalue weighted by molar-refractivity contribution is 0.240. The van der Waals surface area contributed by atoms with Crippen LogP contribution in [0.2, 0.25) is 0 Å². The Hall–Kier alpha value is -1.13. The maximum absolute atomic E-state index is 9.40. The molecule has 0 radical (unpaired) electrons. The number of aromatic nitrogens is 1. The van der Waals surface area contributed by atoms with Gasteiger partial charge in [0.1, 0.15) is 0 Å². The summed E-state index contributed by atoms with van der Waals surface area (Å²) in [7, 11) is 1.00. The van der Waals surface area contributed by atoms with Crippen molar-refractivity contribution in [3.05, 3.63) is 24.0 Å². The fraction of sp³-hybridized carbons (Fsp3) is 0.706. The van der Waals surface area contributed by atoms with Gasteiger partial charge in [-0.2, -0.15) is 0 Å². The number of rotatable bonds is 3. The van der Waals surface area contributed by atoms with Crippen LogP contribution in [0.15, 0.2) is 18.3 Å². The highest BCUT2D eigenvalue weighted by molar-refractivity contribution is 5.46. The summed E-state index contributed by atoms with van der Waals surface area (Å²) < 4.78 is 0. The molecule has 0 amide bonds. The smallest absolute Gasteiger partial charge is 0.0635 e. The largest absolute Gasteiger partial charge is 0.400 e. The Balaban J connectivity index is 0.000000921. The highest BCUT2D eigenvalue weighted by Crippen LogP contribution is 2.25. The van der Waals surface area contributed by atoms with Gasteiger partial charge in [-0.25, -0.2) is 0 Å². The van der Waals surface area contributed by atoms with E-state index < -0.39 is 0 Å². The topological polar surface area (TPSA) is 56.6 Å². The molecule has 1 aliphatic heterocycles. The molecular formula is C17H32N2O2. The highest BCUT2D eigenvalue weighted by atomic mass is 16.3. The molecule has 1 saturated heterocycles. The van der Waals surface area contributed by atoms with Crippen molar-refractivity contribution in [3.63, 3.8) is 0 Å². The van der Waals surface area contributed by atoms with Gasteiger partial charge < -0.3 is 15.1 Å². The molecule has 0 spiro atoms. The number of anilines is 1. The van der Waals surface area contributed by atoms with Gasteiger partial charge >= 0.3 is 0 Å². The number of nitrogens with zero attached hydrogens (tertiary/aromatic N) is 2. The fourth-order valence-electron chi connectivity index (χ4n) is 2.44. The van der Waals surface area contributed by atoms with Crippen molar-refractivity contribution in [2.75, 3.05) is 25.2 Å². The van der Waals surface area contributed by atoms with Gasteiger partial charge in [-0.05, 0) is 37.3 Å². The van der Waals surface area contributed by atoms with E-state index in [9.17, 15) is 5.11 Å². The molecule has 1 aromatic rings. The summed E-state index contributed by atoms with van der Waals surface area (Å²) in [6, 6.07) is 4.51. The summed E-state index contributed by atoms with van der Waals surface area (Å²) in [5.74, 6) is 0.471. The average Bonchev–Trinajstić information content (AvgIpc) is 2.58. The second-order valence-electron chi connectivity index (χ2n) is 5.12. The Morgan fingerprint density at radius 2 is 1.90 bits per heavy atom. The first-order chi connectivity index (χ1) is 10.2. The summed E-state index contributed by atoms with van der Waals surface area (Å²) in [6.07, 6.45) is 5.47. The first kappa shape index (κ1) is 19.9. The van der Waals surface area contributed by atoms with Gasteiger partial charge in [0, 0.05) is 19.3 Å². The zero-order valence-corrected chi connectivity index (χ0v) is 14.2. The monoisotopic (exact) mass is 296 g/mol. The van der Waals surface area contributed by atoms with Crippen molar-refractivity contribution in [3.8, 4) is 0 Å². The minimum atomic E-state index is 0.242.